The molecule has 2 rings (SSSR count). The van der Waals surface area contributed by atoms with E-state index in [9.17, 15) is 8.42 Å². The van der Waals surface area contributed by atoms with Gasteiger partial charge in [-0.2, -0.15) is 9.61 Å². The van der Waals surface area contributed by atoms with Crippen molar-refractivity contribution in [3.63, 3.8) is 0 Å². The fourth-order valence-electron chi connectivity index (χ4n) is 0.996. The average molecular weight is 252 g/mol. The molecule has 14 heavy (non-hydrogen) atoms. The standard InChI is InChI=1S/C6H3Cl2N3O2S/c7-4-1-2-5-9-3-6(11(5)10-4)14(8,12)13/h1-3H. The molecule has 0 saturated carbocycles. The maximum atomic E-state index is 11.0. The van der Waals surface area contributed by atoms with Gasteiger partial charge in [-0.3, -0.25) is 0 Å². The molecule has 74 valence electrons. The highest BCUT2D eigenvalue weighted by Crippen LogP contribution is 2.16. The molecule has 2 aromatic rings. The predicted molar refractivity (Wildman–Crippen MR) is 51.0 cm³/mol. The van der Waals surface area contributed by atoms with E-state index in [1.165, 1.54) is 6.07 Å². The first-order chi connectivity index (χ1) is 6.48. The summed E-state index contributed by atoms with van der Waals surface area (Å²) >= 11 is 5.60. The molecule has 0 aliphatic heterocycles. The average Bonchev–Trinajstić information content (AvgIpc) is 2.45. The van der Waals surface area contributed by atoms with Crippen LogP contribution in [0, 0.1) is 0 Å². The van der Waals surface area contributed by atoms with Crippen molar-refractivity contribution in [3.8, 4) is 0 Å². The molecule has 0 radical (unpaired) electrons. The predicted octanol–water partition coefficient (Wildman–Crippen LogP) is 1.31. The lowest BCUT2D eigenvalue weighted by Crippen LogP contribution is -2.00. The molecule has 8 heteroatoms. The quantitative estimate of drug-likeness (QED) is 0.718. The first kappa shape index (κ1) is 9.70. The third-order valence-electron chi connectivity index (χ3n) is 1.55. The summed E-state index contributed by atoms with van der Waals surface area (Å²) in [5.41, 5.74) is 0.369. The van der Waals surface area contributed by atoms with E-state index in [4.69, 9.17) is 22.3 Å². The molecular formula is C6H3Cl2N3O2S. The number of rotatable bonds is 1. The van der Waals surface area contributed by atoms with Gasteiger partial charge in [-0.25, -0.2) is 13.4 Å². The van der Waals surface area contributed by atoms with E-state index in [1.807, 2.05) is 0 Å². The van der Waals surface area contributed by atoms with Crippen LogP contribution in [0.25, 0.3) is 5.65 Å². The summed E-state index contributed by atoms with van der Waals surface area (Å²) in [6.45, 7) is 0. The van der Waals surface area contributed by atoms with E-state index in [0.717, 1.165) is 10.7 Å². The minimum atomic E-state index is -3.85. The van der Waals surface area contributed by atoms with Gasteiger partial charge in [0, 0.05) is 10.7 Å². The minimum Gasteiger partial charge on any atom is -0.234 e. The number of imidazole rings is 1. The molecule has 5 nitrogen and oxygen atoms in total. The van der Waals surface area contributed by atoms with Crippen molar-refractivity contribution in [2.75, 3.05) is 0 Å². The van der Waals surface area contributed by atoms with Gasteiger partial charge in [0.1, 0.15) is 5.15 Å². The lowest BCUT2D eigenvalue weighted by molar-refractivity contribution is 0.602. The van der Waals surface area contributed by atoms with E-state index in [1.54, 1.807) is 6.07 Å². The Bertz CT molecular complexity index is 592. The zero-order chi connectivity index (χ0) is 10.3. The molecule has 0 aliphatic carbocycles. The Morgan fingerprint density at radius 3 is 2.71 bits per heavy atom. The van der Waals surface area contributed by atoms with Gasteiger partial charge in [-0.15, -0.1) is 0 Å². The van der Waals surface area contributed by atoms with Crippen molar-refractivity contribution < 1.29 is 8.42 Å². The zero-order valence-electron chi connectivity index (χ0n) is 6.55. The number of fused-ring (bicyclic) bond motifs is 1. The first-order valence-corrected chi connectivity index (χ1v) is 6.12. The van der Waals surface area contributed by atoms with Crippen LogP contribution in [-0.4, -0.2) is 23.0 Å². The second-order valence-corrected chi connectivity index (χ2v) is 5.36. The number of aromatic nitrogens is 3. The van der Waals surface area contributed by atoms with E-state index >= 15 is 0 Å². The van der Waals surface area contributed by atoms with Crippen LogP contribution in [0.5, 0.6) is 0 Å². The van der Waals surface area contributed by atoms with Crippen molar-refractivity contribution >= 4 is 37.0 Å². The molecule has 0 aliphatic rings. The summed E-state index contributed by atoms with van der Waals surface area (Å²) in [4.78, 5) is 3.80. The molecule has 0 spiro atoms. The van der Waals surface area contributed by atoms with Crippen LogP contribution >= 0.6 is 22.3 Å². The highest BCUT2D eigenvalue weighted by molar-refractivity contribution is 8.13. The summed E-state index contributed by atoms with van der Waals surface area (Å²) in [7, 11) is 1.31. The Hall–Kier alpha value is -0.850. The Balaban J connectivity index is 2.87. The SMILES string of the molecule is O=S(=O)(Cl)c1cnc2ccc(Cl)nn12. The largest absolute Gasteiger partial charge is 0.280 e. The van der Waals surface area contributed by atoms with Crippen LogP contribution in [0.4, 0.5) is 0 Å². The van der Waals surface area contributed by atoms with E-state index in [-0.39, 0.29) is 10.2 Å². The van der Waals surface area contributed by atoms with Gasteiger partial charge in [0.25, 0.3) is 9.05 Å². The molecule has 2 heterocycles. The van der Waals surface area contributed by atoms with Crippen LogP contribution in [0.1, 0.15) is 0 Å². The van der Waals surface area contributed by atoms with Crippen LogP contribution in [-0.2, 0) is 9.05 Å². The highest BCUT2D eigenvalue weighted by Gasteiger charge is 2.17. The Kier molecular flexibility index (Phi) is 2.13. The fourth-order valence-corrected chi connectivity index (χ4v) is 1.97. The molecule has 2 aromatic heterocycles. The molecule has 0 N–H and O–H groups in total. The Morgan fingerprint density at radius 1 is 1.36 bits per heavy atom. The summed E-state index contributed by atoms with van der Waals surface area (Å²) < 4.78 is 23.2. The maximum Gasteiger partial charge on any atom is 0.280 e. The first-order valence-electron chi connectivity index (χ1n) is 3.43. The van der Waals surface area contributed by atoms with Crippen molar-refractivity contribution in [1.29, 1.82) is 0 Å². The van der Waals surface area contributed by atoms with E-state index < -0.39 is 9.05 Å². The molecule has 0 aromatic carbocycles. The van der Waals surface area contributed by atoms with Crippen LogP contribution in [0.3, 0.4) is 0 Å². The van der Waals surface area contributed by atoms with Gasteiger partial charge in [0.05, 0.1) is 6.20 Å². The summed E-state index contributed by atoms with van der Waals surface area (Å²) in [5.74, 6) is 0. The van der Waals surface area contributed by atoms with Gasteiger partial charge in [0.2, 0.25) is 0 Å². The van der Waals surface area contributed by atoms with E-state index in [0.29, 0.717) is 5.65 Å². The second-order valence-electron chi connectivity index (χ2n) is 2.46. The second kappa shape index (κ2) is 3.08. The molecule has 0 fully saturated rings. The summed E-state index contributed by atoms with van der Waals surface area (Å²) in [6, 6.07) is 3.05. The Morgan fingerprint density at radius 2 is 2.07 bits per heavy atom. The lowest BCUT2D eigenvalue weighted by Gasteiger charge is -1.95. The molecule has 0 saturated heterocycles. The molecule has 0 unspecified atom stereocenters. The van der Waals surface area contributed by atoms with Crippen molar-refractivity contribution in [2.45, 2.75) is 5.03 Å². The van der Waals surface area contributed by atoms with Crippen LogP contribution in [0.15, 0.2) is 23.4 Å². The minimum absolute atomic E-state index is 0.164. The van der Waals surface area contributed by atoms with Crippen molar-refractivity contribution in [2.24, 2.45) is 0 Å². The van der Waals surface area contributed by atoms with Gasteiger partial charge >= 0.3 is 0 Å². The van der Waals surface area contributed by atoms with Crippen molar-refractivity contribution in [3.05, 3.63) is 23.5 Å². The molecule has 0 atom stereocenters. The highest BCUT2D eigenvalue weighted by atomic mass is 35.7. The smallest absolute Gasteiger partial charge is 0.234 e. The Labute approximate surface area is 88.7 Å². The fraction of sp³-hybridized carbons (Fsp3) is 0. The van der Waals surface area contributed by atoms with Crippen LogP contribution in [0.2, 0.25) is 5.15 Å². The molecule has 0 amide bonds. The normalized spacial score (nSPS) is 12.1. The topological polar surface area (TPSA) is 64.3 Å². The monoisotopic (exact) mass is 251 g/mol. The lowest BCUT2D eigenvalue weighted by atomic mass is 10.6. The zero-order valence-corrected chi connectivity index (χ0v) is 8.88. The van der Waals surface area contributed by atoms with Gasteiger partial charge in [-0.1, -0.05) is 11.6 Å². The number of halogens is 2. The third kappa shape index (κ3) is 1.56. The maximum absolute atomic E-state index is 11.0. The van der Waals surface area contributed by atoms with Crippen molar-refractivity contribution in [1.82, 2.24) is 14.6 Å². The van der Waals surface area contributed by atoms with Gasteiger partial charge < -0.3 is 0 Å². The number of hydrogen-bond acceptors (Lipinski definition) is 4. The van der Waals surface area contributed by atoms with Gasteiger partial charge in [0.15, 0.2) is 10.7 Å². The molecular weight excluding hydrogens is 249 g/mol. The van der Waals surface area contributed by atoms with Crippen LogP contribution < -0.4 is 0 Å². The van der Waals surface area contributed by atoms with E-state index in [2.05, 4.69) is 10.1 Å². The molecule has 0 bridgehead atoms. The number of nitrogens with zero attached hydrogens (tertiary/aromatic N) is 3. The summed E-state index contributed by atoms with van der Waals surface area (Å²) in [5, 5.41) is 3.72. The number of hydrogen-bond donors (Lipinski definition) is 0. The summed E-state index contributed by atoms with van der Waals surface area (Å²) in [6.07, 6.45) is 1.13. The third-order valence-corrected chi connectivity index (χ3v) is 3.00. The van der Waals surface area contributed by atoms with Gasteiger partial charge in [-0.05, 0) is 12.1 Å².